The van der Waals surface area contributed by atoms with Crippen LogP contribution in [0.5, 0.6) is 0 Å². The molecule has 6 nitrogen and oxygen atoms in total. The number of hydrogen-bond acceptors (Lipinski definition) is 3. The molecule has 1 fully saturated rings. The van der Waals surface area contributed by atoms with E-state index in [1.54, 1.807) is 11.8 Å². The number of carbonyl (C=O) groups is 2. The quantitative estimate of drug-likeness (QED) is 0.890. The molecule has 1 saturated heterocycles. The lowest BCUT2D eigenvalue weighted by Crippen LogP contribution is -2.49. The zero-order chi connectivity index (χ0) is 17.5. The number of urea groups is 1. The van der Waals surface area contributed by atoms with Crippen molar-refractivity contribution in [2.75, 3.05) is 19.7 Å². The Morgan fingerprint density at radius 2 is 1.96 bits per heavy atom. The van der Waals surface area contributed by atoms with E-state index in [-0.39, 0.29) is 24.2 Å². The molecule has 1 atom stereocenters. The topological polar surface area (TPSA) is 70.7 Å². The van der Waals surface area contributed by atoms with Crippen molar-refractivity contribution in [3.63, 3.8) is 0 Å². The van der Waals surface area contributed by atoms with Gasteiger partial charge in [-0.25, -0.2) is 9.59 Å². The fourth-order valence-corrected chi connectivity index (χ4v) is 3.00. The lowest BCUT2D eigenvalue weighted by molar-refractivity contribution is 0.0957. The van der Waals surface area contributed by atoms with Crippen molar-refractivity contribution in [2.45, 2.75) is 45.7 Å². The second-order valence-corrected chi connectivity index (χ2v) is 6.16. The fraction of sp³-hybridized carbons (Fsp3) is 0.556. The largest absolute Gasteiger partial charge is 0.450 e. The number of likely N-dealkylation sites (tertiary alicyclic amines) is 1. The van der Waals surface area contributed by atoms with Crippen LogP contribution in [0, 0.1) is 6.92 Å². The number of aryl methyl sites for hydroxylation is 1. The Kier molecular flexibility index (Phi) is 6.46. The van der Waals surface area contributed by atoms with Crippen LogP contribution in [0.15, 0.2) is 24.3 Å². The molecule has 1 unspecified atom stereocenters. The molecular weight excluding hydrogens is 306 g/mol. The smallest absolute Gasteiger partial charge is 0.409 e. The predicted octanol–water partition coefficient (Wildman–Crippen LogP) is 2.98. The standard InChI is InChI=1S/C18H27N3O3/c1-4-24-18(23)21-11-9-15(10-12-21)20-17(22)19-14(3)16-8-6-5-7-13(16)2/h5-8,14-15H,4,9-12H2,1-3H3,(H2,19,20,22). The summed E-state index contributed by atoms with van der Waals surface area (Å²) in [6, 6.07) is 7.90. The molecule has 0 radical (unpaired) electrons. The van der Waals surface area contributed by atoms with Gasteiger partial charge in [0, 0.05) is 19.1 Å². The van der Waals surface area contributed by atoms with E-state index in [4.69, 9.17) is 4.74 Å². The van der Waals surface area contributed by atoms with E-state index >= 15 is 0 Å². The minimum atomic E-state index is -0.270. The van der Waals surface area contributed by atoms with Crippen LogP contribution in [0.4, 0.5) is 9.59 Å². The Hall–Kier alpha value is -2.24. The van der Waals surface area contributed by atoms with E-state index in [0.29, 0.717) is 19.7 Å². The molecule has 0 aromatic heterocycles. The van der Waals surface area contributed by atoms with Crippen LogP contribution in [0.3, 0.4) is 0 Å². The Labute approximate surface area is 143 Å². The highest BCUT2D eigenvalue weighted by Gasteiger charge is 2.24. The predicted molar refractivity (Wildman–Crippen MR) is 92.9 cm³/mol. The Morgan fingerprint density at radius 3 is 2.58 bits per heavy atom. The van der Waals surface area contributed by atoms with Crippen molar-refractivity contribution >= 4 is 12.1 Å². The van der Waals surface area contributed by atoms with Crippen LogP contribution in [0.2, 0.25) is 0 Å². The molecule has 0 saturated carbocycles. The average Bonchev–Trinajstić information content (AvgIpc) is 2.56. The monoisotopic (exact) mass is 333 g/mol. The van der Waals surface area contributed by atoms with Crippen molar-refractivity contribution in [2.24, 2.45) is 0 Å². The third-order valence-electron chi connectivity index (χ3n) is 4.36. The summed E-state index contributed by atoms with van der Waals surface area (Å²) in [5.41, 5.74) is 2.28. The third-order valence-corrected chi connectivity index (χ3v) is 4.36. The van der Waals surface area contributed by atoms with Crippen molar-refractivity contribution in [1.82, 2.24) is 15.5 Å². The van der Waals surface area contributed by atoms with Gasteiger partial charge >= 0.3 is 12.1 Å². The summed E-state index contributed by atoms with van der Waals surface area (Å²) in [6.07, 6.45) is 1.21. The first kappa shape index (κ1) is 18.1. The van der Waals surface area contributed by atoms with E-state index in [0.717, 1.165) is 24.0 Å². The maximum atomic E-state index is 12.2. The molecule has 0 spiro atoms. The van der Waals surface area contributed by atoms with Crippen LogP contribution in [-0.4, -0.2) is 42.8 Å². The number of rotatable bonds is 4. The molecule has 1 aromatic carbocycles. The summed E-state index contributed by atoms with van der Waals surface area (Å²) in [5, 5.41) is 5.98. The van der Waals surface area contributed by atoms with Crippen LogP contribution >= 0.6 is 0 Å². The van der Waals surface area contributed by atoms with E-state index < -0.39 is 0 Å². The number of amides is 3. The van der Waals surface area contributed by atoms with E-state index in [9.17, 15) is 9.59 Å². The zero-order valence-electron chi connectivity index (χ0n) is 14.7. The van der Waals surface area contributed by atoms with Gasteiger partial charge in [0.05, 0.1) is 12.6 Å². The van der Waals surface area contributed by atoms with E-state index in [1.165, 1.54) is 0 Å². The fourth-order valence-electron chi connectivity index (χ4n) is 3.00. The Morgan fingerprint density at radius 1 is 1.29 bits per heavy atom. The Bertz CT molecular complexity index is 568. The first-order chi connectivity index (χ1) is 11.5. The van der Waals surface area contributed by atoms with Crippen LogP contribution in [0.1, 0.15) is 43.9 Å². The van der Waals surface area contributed by atoms with Gasteiger partial charge < -0.3 is 20.3 Å². The summed E-state index contributed by atoms with van der Waals surface area (Å²) >= 11 is 0. The van der Waals surface area contributed by atoms with Gasteiger partial charge in [-0.2, -0.15) is 0 Å². The van der Waals surface area contributed by atoms with Gasteiger partial charge in [0.25, 0.3) is 0 Å². The van der Waals surface area contributed by atoms with Gasteiger partial charge in [-0.1, -0.05) is 24.3 Å². The molecule has 1 aliphatic rings. The number of ether oxygens (including phenoxy) is 1. The number of nitrogens with zero attached hydrogens (tertiary/aromatic N) is 1. The van der Waals surface area contributed by atoms with Crippen LogP contribution in [-0.2, 0) is 4.74 Å². The molecule has 1 heterocycles. The zero-order valence-corrected chi connectivity index (χ0v) is 14.7. The SMILES string of the molecule is CCOC(=O)N1CCC(NC(=O)NC(C)c2ccccc2C)CC1. The second kappa shape index (κ2) is 8.57. The number of carbonyl (C=O) groups excluding carboxylic acids is 2. The van der Waals surface area contributed by atoms with Crippen LogP contribution in [0.25, 0.3) is 0 Å². The lowest BCUT2D eigenvalue weighted by atomic mass is 10.0. The number of benzene rings is 1. The van der Waals surface area contributed by atoms with Crippen molar-refractivity contribution < 1.29 is 14.3 Å². The molecule has 1 aliphatic heterocycles. The molecule has 0 bridgehead atoms. The molecular formula is C18H27N3O3. The molecule has 6 heteroatoms. The first-order valence-corrected chi connectivity index (χ1v) is 8.55. The van der Waals surface area contributed by atoms with Gasteiger partial charge in [-0.3, -0.25) is 0 Å². The molecule has 1 aromatic rings. The number of hydrogen-bond donors (Lipinski definition) is 2. The summed E-state index contributed by atoms with van der Waals surface area (Å²) in [5.74, 6) is 0. The minimum Gasteiger partial charge on any atom is -0.450 e. The van der Waals surface area contributed by atoms with Crippen molar-refractivity contribution in [1.29, 1.82) is 0 Å². The molecule has 24 heavy (non-hydrogen) atoms. The molecule has 3 amide bonds. The summed E-state index contributed by atoms with van der Waals surface area (Å²) in [6.45, 7) is 7.42. The lowest BCUT2D eigenvalue weighted by Gasteiger charge is -2.32. The van der Waals surface area contributed by atoms with Gasteiger partial charge in [0.15, 0.2) is 0 Å². The molecule has 2 N–H and O–H groups in total. The van der Waals surface area contributed by atoms with Crippen molar-refractivity contribution in [3.8, 4) is 0 Å². The summed E-state index contributed by atoms with van der Waals surface area (Å²) in [4.78, 5) is 25.6. The average molecular weight is 333 g/mol. The molecule has 2 rings (SSSR count). The highest BCUT2D eigenvalue weighted by Crippen LogP contribution is 2.17. The second-order valence-electron chi connectivity index (χ2n) is 6.16. The minimum absolute atomic E-state index is 0.0502. The highest BCUT2D eigenvalue weighted by atomic mass is 16.6. The van der Waals surface area contributed by atoms with Crippen LogP contribution < -0.4 is 10.6 Å². The van der Waals surface area contributed by atoms with Gasteiger partial charge in [-0.15, -0.1) is 0 Å². The first-order valence-electron chi connectivity index (χ1n) is 8.55. The maximum Gasteiger partial charge on any atom is 0.409 e. The maximum absolute atomic E-state index is 12.2. The molecule has 132 valence electrons. The van der Waals surface area contributed by atoms with Gasteiger partial charge in [0.2, 0.25) is 0 Å². The molecule has 0 aliphatic carbocycles. The van der Waals surface area contributed by atoms with E-state index in [1.807, 2.05) is 38.1 Å². The summed E-state index contributed by atoms with van der Waals surface area (Å²) < 4.78 is 5.00. The van der Waals surface area contributed by atoms with Gasteiger partial charge in [-0.05, 0) is 44.7 Å². The highest BCUT2D eigenvalue weighted by molar-refractivity contribution is 5.75. The Balaban J connectivity index is 1.77. The summed E-state index contributed by atoms with van der Waals surface area (Å²) in [7, 11) is 0. The van der Waals surface area contributed by atoms with Crippen molar-refractivity contribution in [3.05, 3.63) is 35.4 Å². The normalized spacial score (nSPS) is 16.4. The van der Waals surface area contributed by atoms with E-state index in [2.05, 4.69) is 10.6 Å². The van der Waals surface area contributed by atoms with Gasteiger partial charge in [0.1, 0.15) is 0 Å². The third kappa shape index (κ3) is 4.88. The number of piperidine rings is 1. The number of nitrogens with one attached hydrogen (secondary N) is 2.